The summed E-state index contributed by atoms with van der Waals surface area (Å²) >= 11 is 0. The highest BCUT2D eigenvalue weighted by molar-refractivity contribution is 5.95. The van der Waals surface area contributed by atoms with Crippen molar-refractivity contribution in [2.45, 2.75) is 69.9 Å². The molecule has 2 rings (SSSR count). The zero-order valence-corrected chi connectivity index (χ0v) is 17.2. The molecule has 1 heterocycles. The fourth-order valence-electron chi connectivity index (χ4n) is 4.12. The molecule has 1 saturated carbocycles. The lowest BCUT2D eigenvalue weighted by atomic mass is 10.1. The molecule has 156 valence electrons. The van der Waals surface area contributed by atoms with Gasteiger partial charge in [0.25, 0.3) is 0 Å². The summed E-state index contributed by atoms with van der Waals surface area (Å²) < 4.78 is 4.87. The van der Waals surface area contributed by atoms with E-state index in [-0.39, 0.29) is 23.7 Å². The van der Waals surface area contributed by atoms with Crippen LogP contribution >= 0.6 is 0 Å². The molecule has 2 fully saturated rings. The van der Waals surface area contributed by atoms with Crippen LogP contribution in [0.1, 0.15) is 58.3 Å². The topological polar surface area (TPSA) is 75.7 Å². The summed E-state index contributed by atoms with van der Waals surface area (Å²) in [5, 5.41) is 2.87. The number of esters is 1. The predicted molar refractivity (Wildman–Crippen MR) is 108 cm³/mol. The van der Waals surface area contributed by atoms with Crippen LogP contribution in [0.2, 0.25) is 0 Å². The lowest BCUT2D eigenvalue weighted by Crippen LogP contribution is -2.53. The third kappa shape index (κ3) is 5.03. The minimum absolute atomic E-state index is 0.0245. The molecule has 0 aromatic heterocycles. The molecule has 1 aliphatic heterocycles. The van der Waals surface area contributed by atoms with E-state index in [2.05, 4.69) is 18.5 Å². The Morgan fingerprint density at radius 1 is 1.21 bits per heavy atom. The van der Waals surface area contributed by atoms with Crippen molar-refractivity contribution < 1.29 is 19.1 Å². The number of methoxy groups -OCH3 is 1. The normalized spacial score (nSPS) is 28.5. The van der Waals surface area contributed by atoms with Gasteiger partial charge in [0.05, 0.1) is 7.11 Å². The summed E-state index contributed by atoms with van der Waals surface area (Å²) in [6.07, 6.45) is 10.2. The molecule has 28 heavy (non-hydrogen) atoms. The quantitative estimate of drug-likeness (QED) is 0.334. The summed E-state index contributed by atoms with van der Waals surface area (Å²) in [6, 6.07) is -0.518. The van der Waals surface area contributed by atoms with Gasteiger partial charge < -0.3 is 15.0 Å². The van der Waals surface area contributed by atoms with Gasteiger partial charge in [-0.3, -0.25) is 9.59 Å². The van der Waals surface area contributed by atoms with E-state index in [1.807, 2.05) is 13.0 Å². The van der Waals surface area contributed by atoms with Crippen LogP contribution < -0.4 is 5.32 Å². The number of carbonyl (C=O) groups is 3. The number of allylic oxidation sites excluding steroid dienone is 1. The molecule has 0 bridgehead atoms. The molecule has 1 aliphatic carbocycles. The van der Waals surface area contributed by atoms with Crippen LogP contribution in [0.5, 0.6) is 0 Å². The molecule has 2 unspecified atom stereocenters. The van der Waals surface area contributed by atoms with Crippen molar-refractivity contribution in [1.29, 1.82) is 0 Å². The Morgan fingerprint density at radius 3 is 2.54 bits per heavy atom. The van der Waals surface area contributed by atoms with E-state index in [1.165, 1.54) is 7.11 Å². The number of amides is 2. The van der Waals surface area contributed by atoms with E-state index < -0.39 is 17.6 Å². The maximum atomic E-state index is 12.9. The number of hydrogen-bond acceptors (Lipinski definition) is 4. The lowest BCUT2D eigenvalue weighted by Gasteiger charge is -2.26. The Labute approximate surface area is 168 Å². The van der Waals surface area contributed by atoms with Crippen LogP contribution in [-0.4, -0.2) is 47.9 Å². The van der Waals surface area contributed by atoms with Crippen molar-refractivity contribution in [3.8, 4) is 0 Å². The average Bonchev–Trinajstić information content (AvgIpc) is 3.26. The first-order valence-electron chi connectivity index (χ1n) is 10.3. The molecule has 1 saturated heterocycles. The van der Waals surface area contributed by atoms with Gasteiger partial charge in [0.15, 0.2) is 0 Å². The van der Waals surface area contributed by atoms with Crippen LogP contribution in [0.4, 0.5) is 0 Å². The van der Waals surface area contributed by atoms with E-state index in [1.54, 1.807) is 11.0 Å². The summed E-state index contributed by atoms with van der Waals surface area (Å²) in [4.78, 5) is 39.5. The van der Waals surface area contributed by atoms with E-state index in [9.17, 15) is 14.4 Å². The van der Waals surface area contributed by atoms with Gasteiger partial charge in [-0.25, -0.2) is 4.79 Å². The van der Waals surface area contributed by atoms with Crippen molar-refractivity contribution in [1.82, 2.24) is 10.2 Å². The fraction of sp³-hybridized carbons (Fsp3) is 0.682. The maximum Gasteiger partial charge on any atom is 0.332 e. The SMILES string of the molecule is C=CCCCCCCC(=O)N1C[C@H](C)C[C@H]1C(=O)NC1(C(=O)OC)CC1C=C. The molecule has 4 atom stereocenters. The summed E-state index contributed by atoms with van der Waals surface area (Å²) in [5.41, 5.74) is -1.01. The van der Waals surface area contributed by atoms with Gasteiger partial charge in [-0.2, -0.15) is 0 Å². The Balaban J connectivity index is 1.92. The third-order valence-electron chi connectivity index (χ3n) is 5.88. The molecule has 1 N–H and O–H groups in total. The van der Waals surface area contributed by atoms with E-state index in [4.69, 9.17) is 4.74 Å². The van der Waals surface area contributed by atoms with Crippen molar-refractivity contribution in [3.63, 3.8) is 0 Å². The van der Waals surface area contributed by atoms with Crippen LogP contribution in [0.25, 0.3) is 0 Å². The van der Waals surface area contributed by atoms with Crippen LogP contribution in [0, 0.1) is 11.8 Å². The second-order valence-electron chi connectivity index (χ2n) is 8.14. The molecular formula is C22H34N2O4. The van der Waals surface area contributed by atoms with Gasteiger partial charge in [-0.05, 0) is 38.0 Å². The number of nitrogens with one attached hydrogen (secondary N) is 1. The number of unbranched alkanes of at least 4 members (excludes halogenated alkanes) is 4. The third-order valence-corrected chi connectivity index (χ3v) is 5.88. The number of likely N-dealkylation sites (tertiary alicyclic amines) is 1. The molecule has 0 aromatic rings. The predicted octanol–water partition coefficient (Wildman–Crippen LogP) is 2.98. The summed E-state index contributed by atoms with van der Waals surface area (Å²) in [5.74, 6) is -0.553. The number of hydrogen-bond donors (Lipinski definition) is 1. The summed E-state index contributed by atoms with van der Waals surface area (Å²) in [6.45, 7) is 10.1. The van der Waals surface area contributed by atoms with Crippen LogP contribution in [0.15, 0.2) is 25.3 Å². The minimum atomic E-state index is -1.01. The highest BCUT2D eigenvalue weighted by Crippen LogP contribution is 2.45. The Morgan fingerprint density at radius 2 is 1.93 bits per heavy atom. The zero-order valence-electron chi connectivity index (χ0n) is 17.2. The number of rotatable bonds is 11. The Kier molecular flexibility index (Phi) is 7.84. The monoisotopic (exact) mass is 390 g/mol. The summed E-state index contributed by atoms with van der Waals surface area (Å²) in [7, 11) is 1.32. The molecule has 2 aliphatic rings. The number of carbonyl (C=O) groups excluding carboxylic acids is 3. The van der Waals surface area contributed by atoms with Crippen LogP contribution in [-0.2, 0) is 19.1 Å². The first-order chi connectivity index (χ1) is 13.4. The van der Waals surface area contributed by atoms with Crippen molar-refractivity contribution in [2.75, 3.05) is 13.7 Å². The van der Waals surface area contributed by atoms with Crippen molar-refractivity contribution in [3.05, 3.63) is 25.3 Å². The van der Waals surface area contributed by atoms with E-state index in [0.29, 0.717) is 25.8 Å². The molecule has 0 radical (unpaired) electrons. The molecule has 6 heteroatoms. The maximum absolute atomic E-state index is 12.9. The van der Waals surface area contributed by atoms with E-state index >= 15 is 0 Å². The number of ether oxygens (including phenoxy) is 1. The van der Waals surface area contributed by atoms with Gasteiger partial charge >= 0.3 is 5.97 Å². The molecule has 6 nitrogen and oxygen atoms in total. The van der Waals surface area contributed by atoms with Gasteiger partial charge in [0, 0.05) is 18.9 Å². The van der Waals surface area contributed by atoms with Crippen molar-refractivity contribution >= 4 is 17.8 Å². The van der Waals surface area contributed by atoms with Crippen molar-refractivity contribution in [2.24, 2.45) is 11.8 Å². The highest BCUT2D eigenvalue weighted by Gasteiger charge is 2.61. The first kappa shape index (κ1) is 22.2. The average molecular weight is 391 g/mol. The Hall–Kier alpha value is -2.11. The minimum Gasteiger partial charge on any atom is -0.467 e. The molecular weight excluding hydrogens is 356 g/mol. The second-order valence-corrected chi connectivity index (χ2v) is 8.14. The smallest absolute Gasteiger partial charge is 0.332 e. The standard InChI is InChI=1S/C22H34N2O4/c1-5-7-8-9-10-11-12-19(25)24-15-16(3)13-18(24)20(26)23-22(21(27)28-4)14-17(22)6-2/h5-6,16-18H,1-2,7-15H2,3-4H3,(H,23,26)/t16-,17?,18+,22?/m1/s1. The molecule has 0 spiro atoms. The second kappa shape index (κ2) is 9.89. The highest BCUT2D eigenvalue weighted by atomic mass is 16.5. The largest absolute Gasteiger partial charge is 0.467 e. The van der Waals surface area contributed by atoms with Gasteiger partial charge in [-0.1, -0.05) is 31.9 Å². The lowest BCUT2D eigenvalue weighted by molar-refractivity contribution is -0.148. The van der Waals surface area contributed by atoms with Gasteiger partial charge in [0.2, 0.25) is 11.8 Å². The zero-order chi connectivity index (χ0) is 20.7. The Bertz CT molecular complexity index is 618. The van der Waals surface area contributed by atoms with Gasteiger partial charge in [0.1, 0.15) is 11.6 Å². The first-order valence-corrected chi connectivity index (χ1v) is 10.3. The fourth-order valence-corrected chi connectivity index (χ4v) is 4.12. The number of nitrogens with zero attached hydrogens (tertiary/aromatic N) is 1. The van der Waals surface area contributed by atoms with Crippen LogP contribution in [0.3, 0.4) is 0 Å². The van der Waals surface area contributed by atoms with E-state index in [0.717, 1.165) is 32.1 Å². The molecule has 0 aromatic carbocycles. The van der Waals surface area contributed by atoms with Gasteiger partial charge in [-0.15, -0.1) is 13.2 Å². The molecule has 2 amide bonds.